The Kier molecular flexibility index (Phi) is 9.41. The molecule has 5 N–H and O–H groups in total. The number of amides is 4. The molecule has 2 aromatic carbocycles. The lowest BCUT2D eigenvalue weighted by Gasteiger charge is -2.26. The van der Waals surface area contributed by atoms with E-state index < -0.39 is 35.5 Å². The first-order valence-corrected chi connectivity index (χ1v) is 13.5. The van der Waals surface area contributed by atoms with E-state index in [9.17, 15) is 23.6 Å². The summed E-state index contributed by atoms with van der Waals surface area (Å²) in [6.07, 6.45) is 3.35. The number of azide groups is 1. The first-order chi connectivity index (χ1) is 20.9. The van der Waals surface area contributed by atoms with Gasteiger partial charge in [-0.15, -0.1) is 0 Å². The minimum Gasteiger partial charge on any atom is -0.394 e. The number of nitrogens with one attached hydrogen (secondary N) is 1. The van der Waals surface area contributed by atoms with Gasteiger partial charge >= 0.3 is 0 Å². The third-order valence-electron chi connectivity index (χ3n) is 6.60. The summed E-state index contributed by atoms with van der Waals surface area (Å²) in [7, 11) is 0. The van der Waals surface area contributed by atoms with Crippen molar-refractivity contribution in [2.75, 3.05) is 12.3 Å². The number of halogens is 2. The molecule has 14 nitrogen and oxygen atoms in total. The second-order valence-electron chi connectivity index (χ2n) is 9.93. The van der Waals surface area contributed by atoms with E-state index in [1.807, 2.05) is 0 Å². The van der Waals surface area contributed by atoms with Crippen LogP contribution in [-0.2, 0) is 22.7 Å². The van der Waals surface area contributed by atoms with E-state index in [-0.39, 0.29) is 46.9 Å². The molecular formula is C28H27ClFN10O4+. The molecule has 0 saturated heterocycles. The highest BCUT2D eigenvalue weighted by molar-refractivity contribution is 6.31. The highest BCUT2D eigenvalue weighted by Gasteiger charge is 2.24. The van der Waals surface area contributed by atoms with Gasteiger partial charge in [-0.25, -0.2) is 4.39 Å². The van der Waals surface area contributed by atoms with Crippen LogP contribution in [0.2, 0.25) is 5.02 Å². The summed E-state index contributed by atoms with van der Waals surface area (Å²) in [5, 5.41) is 9.83. The Morgan fingerprint density at radius 1 is 1.23 bits per heavy atom. The fourth-order valence-electron chi connectivity index (χ4n) is 4.46. The zero-order valence-corrected chi connectivity index (χ0v) is 24.3. The highest BCUT2D eigenvalue weighted by atomic mass is 35.5. The number of primary amides is 1. The zero-order valence-electron chi connectivity index (χ0n) is 23.6. The molecule has 0 bridgehead atoms. The molecule has 0 atom stereocenters. The number of nitrogens with two attached hydrogens (primary N) is 2. The summed E-state index contributed by atoms with van der Waals surface area (Å²) in [5.41, 5.74) is 21.1. The van der Waals surface area contributed by atoms with Crippen LogP contribution in [0.15, 0.2) is 60.0 Å². The highest BCUT2D eigenvalue weighted by Crippen LogP contribution is 2.23. The van der Waals surface area contributed by atoms with E-state index in [4.69, 9.17) is 28.6 Å². The normalized spacial score (nSPS) is 10.8. The number of anilines is 1. The van der Waals surface area contributed by atoms with Crippen LogP contribution in [0.5, 0.6) is 0 Å². The molecule has 0 aliphatic carbocycles. The van der Waals surface area contributed by atoms with Gasteiger partial charge in [0.2, 0.25) is 23.4 Å². The fraction of sp³-hybridized carbons (Fsp3) is 0.214. The molecule has 0 aliphatic heterocycles. The average molecular weight is 622 g/mol. The van der Waals surface area contributed by atoms with Crippen molar-refractivity contribution >= 4 is 51.8 Å². The summed E-state index contributed by atoms with van der Waals surface area (Å²) < 4.78 is 17.7. The standard InChI is InChI=1S/C28H26ClFN10O4/c1-15(2)39(13-23(41)34-11-17-8-19(10-21(29)25(17)30)38-7-3-4-18(31)12-38)24(42)14-40-22-6-5-16(28(44)35-37-33)9-20(22)26(36-40)27(32)43/h3-10,12,15H,11,13-14,31H2,1-2H3,(H2-,32,34,41,43)/p+1. The quantitative estimate of drug-likeness (QED) is 0.105. The SMILES string of the molecule is CC(C)N(CC(=O)NCc1cc(-[n+]2cccc(N)c2)cc(Cl)c1F)C(=O)Cn1nc(C(N)=O)c2cc(C(=O)N=[N+]=[N-])ccc21. The number of benzene rings is 2. The summed E-state index contributed by atoms with van der Waals surface area (Å²) in [4.78, 5) is 54.1. The molecule has 2 aromatic heterocycles. The van der Waals surface area contributed by atoms with Crippen LogP contribution >= 0.6 is 11.6 Å². The van der Waals surface area contributed by atoms with Gasteiger partial charge in [-0.1, -0.05) is 11.6 Å². The molecule has 0 saturated carbocycles. The van der Waals surface area contributed by atoms with E-state index >= 15 is 0 Å². The fourth-order valence-corrected chi connectivity index (χ4v) is 4.69. The minimum atomic E-state index is -0.903. The van der Waals surface area contributed by atoms with Gasteiger partial charge in [0.15, 0.2) is 18.1 Å². The van der Waals surface area contributed by atoms with Gasteiger partial charge in [0.1, 0.15) is 12.4 Å². The Bertz CT molecular complexity index is 1850. The maximum absolute atomic E-state index is 14.8. The zero-order chi connectivity index (χ0) is 32.1. The van der Waals surface area contributed by atoms with Crippen LogP contribution in [0.3, 0.4) is 0 Å². The van der Waals surface area contributed by atoms with Gasteiger partial charge in [0.25, 0.3) is 5.91 Å². The average Bonchev–Trinajstić information content (AvgIpc) is 3.34. The van der Waals surface area contributed by atoms with Crippen molar-refractivity contribution in [2.45, 2.75) is 33.0 Å². The smallest absolute Gasteiger partial charge is 0.269 e. The largest absolute Gasteiger partial charge is 0.394 e. The third-order valence-corrected chi connectivity index (χ3v) is 6.87. The molecule has 0 radical (unpaired) electrons. The number of hydrogen-bond donors (Lipinski definition) is 3. The molecule has 0 aliphatic rings. The summed E-state index contributed by atoms with van der Waals surface area (Å²) in [6, 6.07) is 10.0. The van der Waals surface area contributed by atoms with Crippen LogP contribution in [0.25, 0.3) is 27.0 Å². The molecule has 226 valence electrons. The number of nitrogen functional groups attached to an aromatic ring is 1. The van der Waals surface area contributed by atoms with Crippen LogP contribution in [0.4, 0.5) is 10.1 Å². The van der Waals surface area contributed by atoms with Crippen molar-refractivity contribution in [2.24, 2.45) is 10.8 Å². The molecule has 0 spiro atoms. The molecule has 0 unspecified atom stereocenters. The van der Waals surface area contributed by atoms with Gasteiger partial charge in [-0.05, 0) is 48.8 Å². The third kappa shape index (κ3) is 6.91. The Balaban J connectivity index is 1.50. The Morgan fingerprint density at radius 3 is 2.64 bits per heavy atom. The predicted molar refractivity (Wildman–Crippen MR) is 158 cm³/mol. The number of aromatic nitrogens is 3. The topological polar surface area (TPSA) is 206 Å². The number of pyridine rings is 1. The van der Waals surface area contributed by atoms with Gasteiger partial charge in [-0.2, -0.15) is 9.67 Å². The van der Waals surface area contributed by atoms with Gasteiger partial charge in [-0.3, -0.25) is 23.9 Å². The Labute approximate surface area is 254 Å². The second kappa shape index (κ2) is 13.2. The van der Waals surface area contributed by atoms with Crippen LogP contribution in [0, 0.1) is 5.82 Å². The molecule has 16 heteroatoms. The molecule has 4 rings (SSSR count). The van der Waals surface area contributed by atoms with Crippen molar-refractivity contribution in [1.82, 2.24) is 20.0 Å². The lowest BCUT2D eigenvalue weighted by Crippen LogP contribution is -2.45. The maximum Gasteiger partial charge on any atom is 0.269 e. The molecule has 2 heterocycles. The molecule has 4 aromatic rings. The first-order valence-electron chi connectivity index (χ1n) is 13.1. The Morgan fingerprint density at radius 2 is 1.98 bits per heavy atom. The number of carbonyl (C=O) groups excluding carboxylic acids is 4. The van der Waals surface area contributed by atoms with E-state index in [1.54, 1.807) is 42.9 Å². The monoisotopic (exact) mass is 621 g/mol. The number of hydrogen-bond acceptors (Lipinski definition) is 6. The van der Waals surface area contributed by atoms with Crippen LogP contribution in [-0.4, -0.2) is 50.9 Å². The molecular weight excluding hydrogens is 595 g/mol. The van der Waals surface area contributed by atoms with Crippen LogP contribution < -0.4 is 21.4 Å². The van der Waals surface area contributed by atoms with E-state index in [1.165, 1.54) is 39.9 Å². The minimum absolute atomic E-state index is 0.00101. The number of rotatable bonds is 10. The maximum atomic E-state index is 14.8. The first kappa shape index (κ1) is 31.4. The second-order valence-corrected chi connectivity index (χ2v) is 10.3. The lowest BCUT2D eigenvalue weighted by atomic mass is 10.1. The van der Waals surface area contributed by atoms with E-state index in [2.05, 4.69) is 20.4 Å². The van der Waals surface area contributed by atoms with Crippen molar-refractivity contribution in [3.63, 3.8) is 0 Å². The predicted octanol–water partition coefficient (Wildman–Crippen LogP) is 2.79. The van der Waals surface area contributed by atoms with E-state index in [0.717, 1.165) is 0 Å². The van der Waals surface area contributed by atoms with Crippen molar-refractivity contribution in [1.29, 1.82) is 0 Å². The van der Waals surface area contributed by atoms with Gasteiger partial charge in [0.05, 0.1) is 22.8 Å². The van der Waals surface area contributed by atoms with Gasteiger partial charge < -0.3 is 21.7 Å². The van der Waals surface area contributed by atoms with Gasteiger partial charge in [0, 0.05) is 52.2 Å². The molecule has 4 amide bonds. The van der Waals surface area contributed by atoms with Crippen molar-refractivity contribution < 1.29 is 28.1 Å². The summed E-state index contributed by atoms with van der Waals surface area (Å²) in [5.74, 6) is -3.55. The van der Waals surface area contributed by atoms with Crippen molar-refractivity contribution in [3.05, 3.63) is 93.0 Å². The summed E-state index contributed by atoms with van der Waals surface area (Å²) in [6.45, 7) is 2.48. The van der Waals surface area contributed by atoms with Crippen LogP contribution in [0.1, 0.15) is 40.3 Å². The summed E-state index contributed by atoms with van der Waals surface area (Å²) >= 11 is 6.11. The lowest BCUT2D eigenvalue weighted by molar-refractivity contribution is -0.595. The number of nitrogens with zero attached hydrogens (tertiary/aromatic N) is 7. The number of fused-ring (bicyclic) bond motifs is 1. The van der Waals surface area contributed by atoms with E-state index in [0.29, 0.717) is 16.9 Å². The Hall–Kier alpha value is -5.53. The molecule has 44 heavy (non-hydrogen) atoms. The van der Waals surface area contributed by atoms with Crippen molar-refractivity contribution in [3.8, 4) is 5.69 Å². The molecule has 0 fully saturated rings. The number of carbonyl (C=O) groups is 4.